The van der Waals surface area contributed by atoms with Crippen LogP contribution in [0.4, 0.5) is 0 Å². The van der Waals surface area contributed by atoms with E-state index in [0.29, 0.717) is 5.46 Å². The van der Waals surface area contributed by atoms with Crippen molar-refractivity contribution >= 4 is 19.3 Å². The minimum Gasteiger partial charge on any atom is -0.481 e. The molecular formula is C8H11BO4. The number of hydrogen-bond acceptors (Lipinski definition) is 1. The van der Waals surface area contributed by atoms with Crippen LogP contribution in [0.5, 0.6) is 0 Å². The Bertz CT molecular complexity index is 257. The van der Waals surface area contributed by atoms with E-state index in [2.05, 4.69) is 0 Å². The molecule has 0 fully saturated rings. The standard InChI is InChI=1S/C8H7BO2.2H2O/c9-7-3-1-6(2-4-7)5-8(10)11;;/h1-4H,5H2,(H,10,11);2*1H2. The van der Waals surface area contributed by atoms with Crippen LogP contribution in [0, 0.1) is 0 Å². The fraction of sp³-hybridized carbons (Fsp3) is 0.125. The molecular weight excluding hydrogens is 171 g/mol. The zero-order chi connectivity index (χ0) is 8.27. The van der Waals surface area contributed by atoms with Crippen LogP contribution in [-0.2, 0) is 11.2 Å². The largest absolute Gasteiger partial charge is 0.481 e. The van der Waals surface area contributed by atoms with E-state index < -0.39 is 5.97 Å². The van der Waals surface area contributed by atoms with Gasteiger partial charge in [0.25, 0.3) is 0 Å². The third-order valence-electron chi connectivity index (χ3n) is 1.34. The summed E-state index contributed by atoms with van der Waals surface area (Å²) >= 11 is 0. The SMILES string of the molecule is O.O.[B]c1ccc(CC(=O)O)cc1. The average Bonchev–Trinajstić information content (AvgIpc) is 1.93. The Balaban J connectivity index is 0. The second-order valence-electron chi connectivity index (χ2n) is 2.31. The van der Waals surface area contributed by atoms with Gasteiger partial charge in [-0.1, -0.05) is 29.7 Å². The van der Waals surface area contributed by atoms with Crippen LogP contribution in [0.1, 0.15) is 5.56 Å². The maximum absolute atomic E-state index is 10.2. The van der Waals surface area contributed by atoms with Crippen molar-refractivity contribution in [2.45, 2.75) is 6.42 Å². The minimum atomic E-state index is -0.824. The molecule has 4 nitrogen and oxygen atoms in total. The molecule has 0 amide bonds. The van der Waals surface area contributed by atoms with Gasteiger partial charge in [0.15, 0.2) is 0 Å². The first-order valence-electron chi connectivity index (χ1n) is 3.24. The van der Waals surface area contributed by atoms with E-state index in [1.165, 1.54) is 0 Å². The molecule has 5 N–H and O–H groups in total. The van der Waals surface area contributed by atoms with Gasteiger partial charge in [0.05, 0.1) is 6.42 Å². The Morgan fingerprint density at radius 3 is 2.08 bits per heavy atom. The van der Waals surface area contributed by atoms with Crippen molar-refractivity contribution in [1.29, 1.82) is 0 Å². The number of benzene rings is 1. The molecule has 0 aliphatic carbocycles. The monoisotopic (exact) mass is 182 g/mol. The molecule has 0 spiro atoms. The van der Waals surface area contributed by atoms with E-state index in [1.54, 1.807) is 24.3 Å². The summed E-state index contributed by atoms with van der Waals surface area (Å²) in [5, 5.41) is 8.40. The van der Waals surface area contributed by atoms with Gasteiger partial charge in [-0.25, -0.2) is 0 Å². The molecule has 1 rings (SSSR count). The van der Waals surface area contributed by atoms with Crippen molar-refractivity contribution in [2.24, 2.45) is 0 Å². The molecule has 1 aromatic carbocycles. The van der Waals surface area contributed by atoms with Crippen LogP contribution in [-0.4, -0.2) is 29.9 Å². The molecule has 70 valence electrons. The van der Waals surface area contributed by atoms with Crippen LogP contribution < -0.4 is 5.46 Å². The average molecular weight is 182 g/mol. The Labute approximate surface area is 77.2 Å². The van der Waals surface area contributed by atoms with Gasteiger partial charge in [-0.3, -0.25) is 4.79 Å². The van der Waals surface area contributed by atoms with Crippen LogP contribution >= 0.6 is 0 Å². The summed E-state index contributed by atoms with van der Waals surface area (Å²) < 4.78 is 0. The summed E-state index contributed by atoms with van der Waals surface area (Å²) in [6.07, 6.45) is 0.0558. The van der Waals surface area contributed by atoms with Gasteiger partial charge in [0.1, 0.15) is 7.85 Å². The number of carbonyl (C=O) groups is 1. The summed E-state index contributed by atoms with van der Waals surface area (Å²) in [6.45, 7) is 0. The summed E-state index contributed by atoms with van der Waals surface area (Å²) in [7, 11) is 5.41. The van der Waals surface area contributed by atoms with Gasteiger partial charge in [-0.15, -0.1) is 0 Å². The molecule has 2 radical (unpaired) electrons. The lowest BCUT2D eigenvalue weighted by atomic mass is 9.95. The highest BCUT2D eigenvalue weighted by molar-refractivity contribution is 6.32. The number of hydrogen-bond donors (Lipinski definition) is 1. The molecule has 5 heteroatoms. The molecule has 0 atom stereocenters. The predicted octanol–water partition coefficient (Wildman–Crippen LogP) is -1.54. The number of carboxylic acids is 1. The van der Waals surface area contributed by atoms with Crippen molar-refractivity contribution in [3.8, 4) is 0 Å². The quantitative estimate of drug-likeness (QED) is 0.560. The van der Waals surface area contributed by atoms with Crippen molar-refractivity contribution < 1.29 is 20.9 Å². The molecule has 0 saturated carbocycles. The molecule has 13 heavy (non-hydrogen) atoms. The zero-order valence-corrected chi connectivity index (χ0v) is 6.95. The van der Waals surface area contributed by atoms with Gasteiger partial charge in [-0.05, 0) is 5.56 Å². The molecule has 0 bridgehead atoms. The highest BCUT2D eigenvalue weighted by Gasteiger charge is 1.97. The summed E-state index contributed by atoms with van der Waals surface area (Å²) in [5.41, 5.74) is 1.42. The van der Waals surface area contributed by atoms with E-state index >= 15 is 0 Å². The molecule has 0 heterocycles. The maximum atomic E-state index is 10.2. The second kappa shape index (κ2) is 6.22. The Morgan fingerprint density at radius 2 is 1.69 bits per heavy atom. The number of aliphatic carboxylic acids is 1. The van der Waals surface area contributed by atoms with Gasteiger partial charge in [0, 0.05) is 0 Å². The van der Waals surface area contributed by atoms with Gasteiger partial charge < -0.3 is 16.1 Å². The van der Waals surface area contributed by atoms with E-state index in [-0.39, 0.29) is 17.4 Å². The molecule has 1 aromatic rings. The summed E-state index contributed by atoms with van der Waals surface area (Å²) in [4.78, 5) is 10.2. The fourth-order valence-electron chi connectivity index (χ4n) is 0.810. The predicted molar refractivity (Wildman–Crippen MR) is 50.4 cm³/mol. The van der Waals surface area contributed by atoms with Gasteiger partial charge in [-0.2, -0.15) is 0 Å². The molecule has 0 saturated heterocycles. The zero-order valence-electron chi connectivity index (χ0n) is 6.95. The van der Waals surface area contributed by atoms with Crippen LogP contribution in [0.2, 0.25) is 0 Å². The molecule has 0 aliphatic heterocycles. The highest BCUT2D eigenvalue weighted by Crippen LogP contribution is 1.96. The van der Waals surface area contributed by atoms with E-state index in [9.17, 15) is 4.79 Å². The third kappa shape index (κ3) is 5.00. The summed E-state index contributed by atoms with van der Waals surface area (Å²) in [5.74, 6) is -0.824. The number of carboxylic acid groups (broad SMARTS) is 1. The Morgan fingerprint density at radius 1 is 1.23 bits per heavy atom. The van der Waals surface area contributed by atoms with Crippen molar-refractivity contribution in [1.82, 2.24) is 0 Å². The Hall–Kier alpha value is -1.33. The van der Waals surface area contributed by atoms with E-state index in [4.69, 9.17) is 13.0 Å². The first-order valence-corrected chi connectivity index (χ1v) is 3.24. The van der Waals surface area contributed by atoms with Crippen molar-refractivity contribution in [2.75, 3.05) is 0 Å². The third-order valence-corrected chi connectivity index (χ3v) is 1.34. The minimum absolute atomic E-state index is 0. The lowest BCUT2D eigenvalue weighted by Gasteiger charge is -1.96. The van der Waals surface area contributed by atoms with Crippen LogP contribution in [0.15, 0.2) is 24.3 Å². The van der Waals surface area contributed by atoms with Gasteiger partial charge >= 0.3 is 5.97 Å². The molecule has 0 unspecified atom stereocenters. The molecule has 0 aromatic heterocycles. The second-order valence-corrected chi connectivity index (χ2v) is 2.31. The smallest absolute Gasteiger partial charge is 0.307 e. The number of rotatable bonds is 2. The maximum Gasteiger partial charge on any atom is 0.307 e. The topological polar surface area (TPSA) is 100 Å². The Kier molecular flexibility index (Phi) is 6.80. The fourth-order valence-corrected chi connectivity index (χ4v) is 0.810. The first-order chi connectivity index (χ1) is 5.18. The van der Waals surface area contributed by atoms with Crippen LogP contribution in [0.3, 0.4) is 0 Å². The lowest BCUT2D eigenvalue weighted by molar-refractivity contribution is -0.136. The molecule has 0 aliphatic rings. The first kappa shape index (κ1) is 14.2. The lowest BCUT2D eigenvalue weighted by Crippen LogP contribution is -2.04. The van der Waals surface area contributed by atoms with E-state index in [0.717, 1.165) is 5.56 Å². The van der Waals surface area contributed by atoms with Crippen molar-refractivity contribution in [3.63, 3.8) is 0 Å². The summed E-state index contributed by atoms with van der Waals surface area (Å²) in [6, 6.07) is 6.81. The van der Waals surface area contributed by atoms with Gasteiger partial charge in [0.2, 0.25) is 0 Å². The van der Waals surface area contributed by atoms with E-state index in [1.807, 2.05) is 0 Å². The van der Waals surface area contributed by atoms with Crippen LogP contribution in [0.25, 0.3) is 0 Å². The normalized spacial score (nSPS) is 8.00. The highest BCUT2D eigenvalue weighted by atomic mass is 16.4. The van der Waals surface area contributed by atoms with Crippen molar-refractivity contribution in [3.05, 3.63) is 29.8 Å².